The van der Waals surface area contributed by atoms with Crippen LogP contribution in [0.5, 0.6) is 5.75 Å². The van der Waals surface area contributed by atoms with E-state index in [1.54, 1.807) is 37.0 Å². The minimum absolute atomic E-state index is 0.609. The van der Waals surface area contributed by atoms with Crippen molar-refractivity contribution in [2.24, 2.45) is 0 Å². The van der Waals surface area contributed by atoms with E-state index in [-0.39, 0.29) is 0 Å². The molecule has 5 heteroatoms. The van der Waals surface area contributed by atoms with E-state index < -0.39 is 0 Å². The van der Waals surface area contributed by atoms with Crippen molar-refractivity contribution in [3.63, 3.8) is 0 Å². The molecule has 0 amide bonds. The molecule has 108 valence electrons. The van der Waals surface area contributed by atoms with E-state index >= 15 is 0 Å². The summed E-state index contributed by atoms with van der Waals surface area (Å²) in [6, 6.07) is 7.60. The van der Waals surface area contributed by atoms with Crippen LogP contribution in [0.1, 0.15) is 31.6 Å². The van der Waals surface area contributed by atoms with Gasteiger partial charge in [-0.1, -0.05) is 0 Å². The smallest absolute Gasteiger partial charge is 0.160 e. The van der Waals surface area contributed by atoms with Crippen LogP contribution in [0.3, 0.4) is 0 Å². The number of aldehydes is 1. The molecular formula is C16H14O4S. The molecule has 0 saturated heterocycles. The molecule has 0 N–H and O–H groups in total. The quantitative estimate of drug-likeness (QED) is 0.647. The Morgan fingerprint density at radius 2 is 1.71 bits per heavy atom. The number of ether oxygens (including phenoxy) is 1. The summed E-state index contributed by atoms with van der Waals surface area (Å²) in [5.41, 5.74) is 0.609. The van der Waals surface area contributed by atoms with E-state index in [2.05, 4.69) is 6.07 Å². The number of methoxy groups -OCH3 is 1. The third-order valence-electron chi connectivity index (χ3n) is 3.22. The van der Waals surface area contributed by atoms with Crippen molar-refractivity contribution in [1.82, 2.24) is 0 Å². The Morgan fingerprint density at radius 3 is 2.43 bits per heavy atom. The summed E-state index contributed by atoms with van der Waals surface area (Å²) in [4.78, 5) is 13.2. The molecule has 0 aromatic carbocycles. The van der Waals surface area contributed by atoms with Crippen molar-refractivity contribution in [1.29, 1.82) is 0 Å². The summed E-state index contributed by atoms with van der Waals surface area (Å²) in [5, 5.41) is 0. The van der Waals surface area contributed by atoms with Crippen LogP contribution < -0.4 is 4.74 Å². The van der Waals surface area contributed by atoms with Crippen molar-refractivity contribution >= 4 is 17.6 Å². The molecule has 4 nitrogen and oxygen atoms in total. The Morgan fingerprint density at radius 1 is 1.05 bits per heavy atom. The average molecular weight is 302 g/mol. The Hall–Kier alpha value is -2.27. The van der Waals surface area contributed by atoms with Crippen molar-refractivity contribution in [3.05, 3.63) is 63.6 Å². The lowest BCUT2D eigenvalue weighted by Gasteiger charge is -1.99. The third kappa shape index (κ3) is 2.92. The van der Waals surface area contributed by atoms with Crippen molar-refractivity contribution < 1.29 is 18.4 Å². The highest BCUT2D eigenvalue weighted by molar-refractivity contribution is 7.12. The highest BCUT2D eigenvalue weighted by atomic mass is 32.1. The Balaban J connectivity index is 1.73. The van der Waals surface area contributed by atoms with Crippen LogP contribution in [0, 0.1) is 0 Å². The van der Waals surface area contributed by atoms with Gasteiger partial charge in [0.1, 0.15) is 5.76 Å². The fourth-order valence-electron chi connectivity index (χ4n) is 2.17. The molecule has 3 aromatic rings. The first kappa shape index (κ1) is 13.7. The molecule has 0 unspecified atom stereocenters. The molecule has 0 atom stereocenters. The van der Waals surface area contributed by atoms with Gasteiger partial charge in [0, 0.05) is 28.7 Å². The lowest BCUT2D eigenvalue weighted by molar-refractivity contribution is 0.112. The molecule has 0 spiro atoms. The van der Waals surface area contributed by atoms with Crippen molar-refractivity contribution in [3.8, 4) is 5.75 Å². The second-order valence-electron chi connectivity index (χ2n) is 4.55. The zero-order chi connectivity index (χ0) is 14.7. The first-order valence-corrected chi connectivity index (χ1v) is 7.31. The first-order valence-electron chi connectivity index (χ1n) is 6.49. The van der Waals surface area contributed by atoms with Gasteiger partial charge in [-0.05, 0) is 18.2 Å². The van der Waals surface area contributed by atoms with Gasteiger partial charge in [0.25, 0.3) is 0 Å². The lowest BCUT2D eigenvalue weighted by atomic mass is 10.2. The zero-order valence-corrected chi connectivity index (χ0v) is 12.3. The summed E-state index contributed by atoms with van der Waals surface area (Å²) < 4.78 is 16.0. The van der Waals surface area contributed by atoms with E-state index in [0.29, 0.717) is 24.2 Å². The van der Waals surface area contributed by atoms with Crippen LogP contribution in [0.15, 0.2) is 45.6 Å². The molecule has 0 aliphatic heterocycles. The Bertz CT molecular complexity index is 735. The maximum atomic E-state index is 10.9. The SMILES string of the molecule is COc1ccoc1Cc1ccc(Cc2occc2C=O)s1. The second kappa shape index (κ2) is 6.01. The third-order valence-corrected chi connectivity index (χ3v) is 4.30. The number of thiophene rings is 1. The van der Waals surface area contributed by atoms with Crippen LogP contribution in [-0.4, -0.2) is 13.4 Å². The van der Waals surface area contributed by atoms with E-state index in [1.807, 2.05) is 12.1 Å². The number of carbonyl (C=O) groups is 1. The standard InChI is InChI=1S/C16H14O4S/c1-18-14-5-7-20-16(14)9-13-3-2-12(21-13)8-15-11(10-17)4-6-19-15/h2-7,10H,8-9H2,1H3. The van der Waals surface area contributed by atoms with Crippen molar-refractivity contribution in [2.75, 3.05) is 7.11 Å². The van der Waals surface area contributed by atoms with Crippen LogP contribution in [0.25, 0.3) is 0 Å². The van der Waals surface area contributed by atoms with Gasteiger partial charge in [-0.25, -0.2) is 0 Å². The van der Waals surface area contributed by atoms with E-state index in [0.717, 1.165) is 22.7 Å². The predicted octanol–water partition coefficient (Wildman–Crippen LogP) is 3.94. The summed E-state index contributed by atoms with van der Waals surface area (Å²) in [6.07, 6.45) is 5.31. The second-order valence-corrected chi connectivity index (χ2v) is 5.80. The first-order chi connectivity index (χ1) is 10.3. The molecule has 3 aromatic heterocycles. The van der Waals surface area contributed by atoms with E-state index in [4.69, 9.17) is 13.6 Å². The summed E-state index contributed by atoms with van der Waals surface area (Å²) in [6.45, 7) is 0. The monoisotopic (exact) mass is 302 g/mol. The summed E-state index contributed by atoms with van der Waals surface area (Å²) in [7, 11) is 1.63. The highest BCUT2D eigenvalue weighted by Crippen LogP contribution is 2.27. The molecule has 0 aliphatic rings. The molecule has 3 heterocycles. The number of hydrogen-bond donors (Lipinski definition) is 0. The number of hydrogen-bond acceptors (Lipinski definition) is 5. The number of rotatable bonds is 6. The van der Waals surface area contributed by atoms with E-state index in [1.165, 1.54) is 4.88 Å². The molecule has 0 fully saturated rings. The van der Waals surface area contributed by atoms with Gasteiger partial charge in [0.05, 0.1) is 25.2 Å². The van der Waals surface area contributed by atoms with Gasteiger partial charge in [-0.3, -0.25) is 4.79 Å². The minimum Gasteiger partial charge on any atom is -0.493 e. The maximum Gasteiger partial charge on any atom is 0.160 e. The largest absolute Gasteiger partial charge is 0.493 e. The summed E-state index contributed by atoms with van der Waals surface area (Å²) in [5.74, 6) is 2.28. The number of carbonyl (C=O) groups excluding carboxylic acids is 1. The molecule has 0 saturated carbocycles. The minimum atomic E-state index is 0.609. The fourth-order valence-corrected chi connectivity index (χ4v) is 3.18. The van der Waals surface area contributed by atoms with Gasteiger partial charge in [0.2, 0.25) is 0 Å². The lowest BCUT2D eigenvalue weighted by Crippen LogP contribution is -1.88. The normalized spacial score (nSPS) is 10.7. The van der Waals surface area contributed by atoms with Gasteiger partial charge in [0.15, 0.2) is 17.8 Å². The van der Waals surface area contributed by atoms with Crippen LogP contribution >= 0.6 is 11.3 Å². The van der Waals surface area contributed by atoms with E-state index in [9.17, 15) is 4.79 Å². The van der Waals surface area contributed by atoms with Gasteiger partial charge in [-0.2, -0.15) is 0 Å². The molecule has 3 rings (SSSR count). The Labute approximate surface area is 126 Å². The molecule has 21 heavy (non-hydrogen) atoms. The molecule has 0 aliphatic carbocycles. The molecule has 0 radical (unpaired) electrons. The van der Waals surface area contributed by atoms with Gasteiger partial charge < -0.3 is 13.6 Å². The van der Waals surface area contributed by atoms with Crippen LogP contribution in [-0.2, 0) is 12.8 Å². The number of furan rings is 2. The highest BCUT2D eigenvalue weighted by Gasteiger charge is 2.12. The van der Waals surface area contributed by atoms with Crippen molar-refractivity contribution in [2.45, 2.75) is 12.8 Å². The predicted molar refractivity (Wildman–Crippen MR) is 79.3 cm³/mol. The zero-order valence-electron chi connectivity index (χ0n) is 11.5. The molecule has 0 bridgehead atoms. The van der Waals surface area contributed by atoms with Gasteiger partial charge in [-0.15, -0.1) is 11.3 Å². The average Bonchev–Trinajstić information content (AvgIpc) is 3.21. The maximum absolute atomic E-state index is 10.9. The fraction of sp³-hybridized carbons (Fsp3) is 0.188. The van der Waals surface area contributed by atoms with Crippen LogP contribution in [0.4, 0.5) is 0 Å². The molecular weight excluding hydrogens is 288 g/mol. The summed E-state index contributed by atoms with van der Waals surface area (Å²) >= 11 is 1.68. The topological polar surface area (TPSA) is 52.6 Å². The Kier molecular flexibility index (Phi) is 3.92. The van der Waals surface area contributed by atoms with Gasteiger partial charge >= 0.3 is 0 Å². The van der Waals surface area contributed by atoms with Crippen LogP contribution in [0.2, 0.25) is 0 Å².